The lowest BCUT2D eigenvalue weighted by Crippen LogP contribution is -2.42. The van der Waals surface area contributed by atoms with Crippen LogP contribution in [0.1, 0.15) is 93.1 Å². The van der Waals surface area contributed by atoms with E-state index in [2.05, 4.69) is 72.9 Å². The molecule has 0 spiro atoms. The molecule has 12 heterocycles. The number of anilines is 9. The zero-order valence-electron chi connectivity index (χ0n) is 55.9. The minimum Gasteiger partial charge on any atom is -0.435 e. The van der Waals surface area contributed by atoms with Crippen molar-refractivity contribution in [1.82, 2.24) is 29.9 Å². The summed E-state index contributed by atoms with van der Waals surface area (Å²) in [5.41, 5.74) is 14.9. The van der Waals surface area contributed by atoms with Crippen LogP contribution in [0.5, 0.6) is 0 Å². The van der Waals surface area contributed by atoms with Gasteiger partial charge in [-0.05, 0) is 179 Å². The van der Waals surface area contributed by atoms with Crippen molar-refractivity contribution < 1.29 is 24.2 Å². The summed E-state index contributed by atoms with van der Waals surface area (Å²) in [4.78, 5) is 38.4. The molecule has 0 aliphatic carbocycles. The topological polar surface area (TPSA) is 136 Å². The van der Waals surface area contributed by atoms with Gasteiger partial charge in [-0.1, -0.05) is 36.4 Å². The lowest BCUT2D eigenvalue weighted by Gasteiger charge is -2.33. The Balaban J connectivity index is 0.000000124. The third-order valence-corrected chi connectivity index (χ3v) is 16.0. The molecular weight excluding hydrogens is 1020 g/mol. The van der Waals surface area contributed by atoms with E-state index in [4.69, 9.17) is 24.2 Å². The first kappa shape index (κ1) is 43.5. The fourth-order valence-corrected chi connectivity index (χ4v) is 12.3. The Hall–Kier alpha value is -9.24. The normalized spacial score (nSPS) is 19.2. The average Bonchev–Trinajstić information content (AvgIpc) is 1.58. The van der Waals surface area contributed by atoms with Crippen LogP contribution in [0, 0.1) is 41.5 Å². The van der Waals surface area contributed by atoms with Gasteiger partial charge in [-0.2, -0.15) is 0 Å². The molecule has 0 N–H and O–H groups in total. The maximum atomic E-state index is 8.78. The number of benzene rings is 3. The first-order valence-electron chi connectivity index (χ1n) is 31.6. The van der Waals surface area contributed by atoms with Crippen LogP contribution in [0.4, 0.5) is 51.6 Å². The van der Waals surface area contributed by atoms with Crippen molar-refractivity contribution in [2.24, 2.45) is 0 Å². The zero-order chi connectivity index (χ0) is 64.0. The molecule has 0 bridgehead atoms. The third kappa shape index (κ3) is 8.13. The molecule has 0 saturated carbocycles. The van der Waals surface area contributed by atoms with E-state index in [0.717, 1.165) is 112 Å². The molecule has 4 atom stereocenters. The predicted molar refractivity (Wildman–Crippen MR) is 334 cm³/mol. The Morgan fingerprint density at radius 2 is 0.768 bits per heavy atom. The lowest BCUT2D eigenvalue weighted by molar-refractivity contribution is 0.597. The quantitative estimate of drug-likeness (QED) is 0.162. The summed E-state index contributed by atoms with van der Waals surface area (Å²) in [7, 11) is 0. The van der Waals surface area contributed by atoms with Gasteiger partial charge in [-0.25, -0.2) is 29.9 Å². The van der Waals surface area contributed by atoms with E-state index in [1.807, 2.05) is 162 Å². The monoisotopic (exact) mass is 1100 g/mol. The molecule has 82 heavy (non-hydrogen) atoms. The fraction of sp³-hybridized carbons (Fsp3) is 0.284. The molecule has 9 aromatic heterocycles. The van der Waals surface area contributed by atoms with Crippen molar-refractivity contribution in [3.05, 3.63) is 162 Å². The van der Waals surface area contributed by atoms with Crippen LogP contribution in [0.15, 0.2) is 141 Å². The maximum Gasteiger partial charge on any atom is 0.227 e. The summed E-state index contributed by atoms with van der Waals surface area (Å²) < 4.78 is 84.3. The van der Waals surface area contributed by atoms with Crippen molar-refractivity contribution in [3.63, 3.8) is 0 Å². The highest BCUT2D eigenvalue weighted by Crippen LogP contribution is 2.51. The molecule has 414 valence electrons. The van der Waals surface area contributed by atoms with Crippen molar-refractivity contribution in [3.8, 4) is 0 Å². The van der Waals surface area contributed by atoms with E-state index in [1.165, 1.54) is 11.8 Å². The number of hydrogen-bond donors (Lipinski definition) is 0. The van der Waals surface area contributed by atoms with Crippen molar-refractivity contribution in [1.29, 1.82) is 0 Å². The van der Waals surface area contributed by atoms with Gasteiger partial charge in [0.15, 0.2) is 34.2 Å². The molecule has 0 fully saturated rings. The standard InChI is InChI=1S/2C23H24N4O.C21H20N4O/c2*1-13(2)26-16(5)27(19-7-6-12-24-22(19)26)20-14(3)8-10-17-18-11-9-15(4)25-23(18)28-21(17)20;1-12-7-9-15-16-10-8-13(2)23-21(16)26-19(15)18(12)25-14(3)24(4)20-17(25)6-5-11-22-20/h2*6-13,16H,1-5H3;5-11,14H,1-4H3/i1D3,13D;13D;4D3. The number of furan rings is 3. The molecule has 4 unspecified atom stereocenters. The summed E-state index contributed by atoms with van der Waals surface area (Å²) >= 11 is 0. The van der Waals surface area contributed by atoms with Gasteiger partial charge in [-0.15, -0.1) is 0 Å². The average molecular weight is 1100 g/mol. The summed E-state index contributed by atoms with van der Waals surface area (Å²) in [5, 5.41) is 5.83. The van der Waals surface area contributed by atoms with Gasteiger partial charge >= 0.3 is 0 Å². The molecule has 12 aromatic rings. The summed E-state index contributed by atoms with van der Waals surface area (Å²) in [6.45, 7) is 18.1. The first-order valence-corrected chi connectivity index (χ1v) is 27.6. The molecule has 15 nitrogen and oxygen atoms in total. The highest BCUT2D eigenvalue weighted by molar-refractivity contribution is 6.12. The molecule has 0 amide bonds. The van der Waals surface area contributed by atoms with E-state index in [-0.39, 0.29) is 6.17 Å². The number of hydrogen-bond acceptors (Lipinski definition) is 15. The third-order valence-electron chi connectivity index (χ3n) is 16.0. The van der Waals surface area contributed by atoms with Crippen LogP contribution in [0.2, 0.25) is 0 Å². The SMILES string of the molecule is [2H]C(C)(C)N1c2ncccc2N(c2c(C)ccc3c2oc2nc(C)ccc23)C1C.[2H]C([2H])([2H])C([2H])(C)N1c2ncccc2N(c2c(C)ccc3c2oc2nc(C)ccc23)C1C.[2H]C([2H])([2H])N1c2ncccc2N(c2c(C)ccc3c2oc2nc(C)ccc23)C1C. The smallest absolute Gasteiger partial charge is 0.227 e. The summed E-state index contributed by atoms with van der Waals surface area (Å²) in [5.74, 6) is 1.73. The minimum atomic E-state index is -2.53. The van der Waals surface area contributed by atoms with Crippen molar-refractivity contribution in [2.75, 3.05) is 36.4 Å². The van der Waals surface area contributed by atoms with E-state index in [1.54, 1.807) is 23.5 Å². The highest BCUT2D eigenvalue weighted by Gasteiger charge is 2.41. The van der Waals surface area contributed by atoms with Gasteiger partial charge in [0.2, 0.25) is 17.1 Å². The Morgan fingerprint density at radius 1 is 0.427 bits per heavy atom. The lowest BCUT2D eigenvalue weighted by atomic mass is 10.1. The second-order valence-corrected chi connectivity index (χ2v) is 21.7. The van der Waals surface area contributed by atoms with E-state index in [0.29, 0.717) is 39.9 Å². The molecule has 3 aliphatic rings. The van der Waals surface area contributed by atoms with E-state index >= 15 is 0 Å². The molecule has 15 heteroatoms. The minimum absolute atomic E-state index is 0.0837. The predicted octanol–water partition coefficient (Wildman–Crippen LogP) is 16.3. The number of aromatic nitrogens is 6. The zero-order valence-corrected chi connectivity index (χ0v) is 47.9. The van der Waals surface area contributed by atoms with Crippen molar-refractivity contribution in [2.45, 2.75) is 120 Å². The van der Waals surface area contributed by atoms with Crippen LogP contribution in [-0.2, 0) is 0 Å². The number of pyridine rings is 6. The van der Waals surface area contributed by atoms with Crippen LogP contribution < -0.4 is 29.4 Å². The first-order chi connectivity index (χ1) is 42.6. The Labute approximate surface area is 488 Å². The van der Waals surface area contributed by atoms with Gasteiger partial charge in [0.25, 0.3) is 0 Å². The fourth-order valence-electron chi connectivity index (χ4n) is 12.3. The number of fused-ring (bicyclic) bond motifs is 12. The Kier molecular flexibility index (Phi) is 10.5. The van der Waals surface area contributed by atoms with Gasteiger partial charge < -0.3 is 42.7 Å². The van der Waals surface area contributed by atoms with Crippen LogP contribution in [-0.4, -0.2) is 67.4 Å². The second-order valence-electron chi connectivity index (χ2n) is 21.7. The Bertz CT molecular complexity index is 4640. The van der Waals surface area contributed by atoms with Crippen molar-refractivity contribution >= 4 is 118 Å². The van der Waals surface area contributed by atoms with E-state index in [9.17, 15) is 0 Å². The molecule has 0 radical (unpaired) electrons. The van der Waals surface area contributed by atoms with Crippen LogP contribution in [0.25, 0.3) is 66.2 Å². The molecule has 3 aliphatic heterocycles. The van der Waals surface area contributed by atoms with Crippen LogP contribution >= 0.6 is 0 Å². The molecule has 3 aromatic carbocycles. The van der Waals surface area contributed by atoms with Gasteiger partial charge in [0, 0.05) is 95.2 Å². The largest absolute Gasteiger partial charge is 0.435 e. The highest BCUT2D eigenvalue weighted by atomic mass is 16.3. The molecule has 15 rings (SSSR count). The van der Waals surface area contributed by atoms with Gasteiger partial charge in [0.1, 0.15) is 18.5 Å². The second kappa shape index (κ2) is 19.8. The maximum absolute atomic E-state index is 8.78. The van der Waals surface area contributed by atoms with Gasteiger partial charge in [-0.3, -0.25) is 0 Å². The molecule has 0 saturated heterocycles. The van der Waals surface area contributed by atoms with E-state index < -0.39 is 38.2 Å². The summed E-state index contributed by atoms with van der Waals surface area (Å²) in [6.07, 6.45) is 4.01. The van der Waals surface area contributed by atoms with Gasteiger partial charge in [0.05, 0.1) is 36.9 Å². The van der Waals surface area contributed by atoms with Crippen LogP contribution in [0.3, 0.4) is 0 Å². The molecular formula is C67H68N12O3. The number of aryl methyl sites for hydroxylation is 6. The number of nitrogens with zero attached hydrogens (tertiary/aromatic N) is 12. The summed E-state index contributed by atoms with van der Waals surface area (Å²) in [6, 6.07) is 33.1. The Morgan fingerprint density at radius 3 is 1.13 bits per heavy atom. The number of rotatable bonds is 5.